The largest absolute Gasteiger partial charge is 0.458 e. The molecule has 0 spiro atoms. The van der Waals surface area contributed by atoms with Crippen molar-refractivity contribution in [1.29, 1.82) is 0 Å². The van der Waals surface area contributed by atoms with E-state index in [0.717, 1.165) is 0 Å². The van der Waals surface area contributed by atoms with Crippen molar-refractivity contribution in [3.8, 4) is 0 Å². The van der Waals surface area contributed by atoms with E-state index >= 15 is 0 Å². The van der Waals surface area contributed by atoms with Crippen LogP contribution in [0.5, 0.6) is 0 Å². The highest BCUT2D eigenvalue weighted by Crippen LogP contribution is 2.19. The number of ether oxygens (including phenoxy) is 5. The fraction of sp³-hybridized carbons (Fsp3) is 0.357. The first kappa shape index (κ1) is 32.7. The van der Waals surface area contributed by atoms with Gasteiger partial charge in [-0.25, -0.2) is 9.59 Å². The predicted octanol–water partition coefficient (Wildman–Crippen LogP) is 3.95. The van der Waals surface area contributed by atoms with Gasteiger partial charge < -0.3 is 28.8 Å². The summed E-state index contributed by atoms with van der Waals surface area (Å²) in [5.74, 6) is -0.915. The molecule has 0 aliphatic rings. The molecule has 0 amide bonds. The summed E-state index contributed by atoms with van der Waals surface area (Å²) in [5.41, 5.74) is 0.184. The molecule has 0 bridgehead atoms. The van der Waals surface area contributed by atoms with Gasteiger partial charge in [-0.3, -0.25) is 0 Å². The zero-order chi connectivity index (χ0) is 27.1. The summed E-state index contributed by atoms with van der Waals surface area (Å²) in [6, 6.07) is 6.04. The fourth-order valence-electron chi connectivity index (χ4n) is 2.52. The van der Waals surface area contributed by atoms with Gasteiger partial charge in [0.15, 0.2) is 0 Å². The molecule has 36 heavy (non-hydrogen) atoms. The molecule has 8 nitrogen and oxygen atoms in total. The van der Waals surface area contributed by atoms with E-state index in [0.29, 0.717) is 50.8 Å². The molecule has 8 heteroatoms. The quantitative estimate of drug-likeness (QED) is 0.172. The number of hydrogen-bond donors (Lipinski definition) is 1. The minimum Gasteiger partial charge on any atom is -0.458 e. The average molecular weight is 503 g/mol. The third-order valence-electron chi connectivity index (χ3n) is 4.29. The molecular weight excluding hydrogens is 464 g/mol. The van der Waals surface area contributed by atoms with Gasteiger partial charge in [-0.1, -0.05) is 43.5 Å². The lowest BCUT2D eigenvalue weighted by Crippen LogP contribution is -2.41. The molecule has 0 aromatic heterocycles. The molecule has 0 heterocycles. The molecule has 1 N–H and O–H groups in total. The summed E-state index contributed by atoms with van der Waals surface area (Å²) in [6.07, 6.45) is 7.96. The van der Waals surface area contributed by atoms with E-state index in [2.05, 4.69) is 32.9 Å². The van der Waals surface area contributed by atoms with Crippen molar-refractivity contribution in [3.63, 3.8) is 0 Å². The Hall–Kier alpha value is -3.30. The highest BCUT2D eigenvalue weighted by atomic mass is 16.5. The molecule has 0 aliphatic carbocycles. The molecule has 1 rings (SSSR count). The van der Waals surface area contributed by atoms with Gasteiger partial charge in [-0.2, -0.15) is 0 Å². The number of esters is 2. The molecule has 1 aromatic carbocycles. The maximum Gasteiger partial charge on any atom is 0.338 e. The van der Waals surface area contributed by atoms with Crippen LogP contribution in [-0.4, -0.2) is 76.5 Å². The van der Waals surface area contributed by atoms with Crippen LogP contribution in [0.3, 0.4) is 0 Å². The third kappa shape index (κ3) is 14.2. The number of carbonyl (C=O) groups excluding carboxylic acids is 2. The first-order valence-electron chi connectivity index (χ1n) is 11.3. The molecule has 1 aromatic rings. The summed E-state index contributed by atoms with van der Waals surface area (Å²) < 4.78 is 25.9. The van der Waals surface area contributed by atoms with Crippen molar-refractivity contribution in [1.82, 2.24) is 0 Å². The molecule has 0 aliphatic heterocycles. The zero-order valence-corrected chi connectivity index (χ0v) is 20.9. The van der Waals surface area contributed by atoms with Crippen LogP contribution in [0.15, 0.2) is 87.5 Å². The molecule has 0 saturated heterocycles. The second kappa shape index (κ2) is 21.0. The normalized spacial score (nSPS) is 10.2. The Balaban J connectivity index is 0.000000681. The Bertz CT molecular complexity index is 734. The Labute approximate surface area is 214 Å². The van der Waals surface area contributed by atoms with Gasteiger partial charge in [0.25, 0.3) is 0 Å². The minimum atomic E-state index is -0.560. The Morgan fingerprint density at radius 3 is 1.19 bits per heavy atom. The minimum absolute atomic E-state index is 0.0710. The Morgan fingerprint density at radius 1 is 0.639 bits per heavy atom. The van der Waals surface area contributed by atoms with Crippen LogP contribution in [0, 0.1) is 5.41 Å². The monoisotopic (exact) mass is 502 g/mol. The highest BCUT2D eigenvalue weighted by molar-refractivity contribution is 5.93. The number of aliphatic hydroxyl groups excluding tert-OH is 1. The van der Waals surface area contributed by atoms with Gasteiger partial charge in [0.05, 0.1) is 62.8 Å². The second-order valence-electron chi connectivity index (χ2n) is 7.42. The Kier molecular flexibility index (Phi) is 19.1. The van der Waals surface area contributed by atoms with Gasteiger partial charge >= 0.3 is 11.9 Å². The summed E-state index contributed by atoms with van der Waals surface area (Å²) in [6.45, 7) is 20.2. The summed E-state index contributed by atoms with van der Waals surface area (Å²) in [4.78, 5) is 22.9. The van der Waals surface area contributed by atoms with Crippen LogP contribution in [0.4, 0.5) is 0 Å². The van der Waals surface area contributed by atoms with E-state index in [-0.39, 0.29) is 19.8 Å². The van der Waals surface area contributed by atoms with Crippen molar-refractivity contribution >= 4 is 11.9 Å². The number of carbonyl (C=O) groups is 2. The molecule has 0 atom stereocenters. The highest BCUT2D eigenvalue weighted by Gasteiger charge is 2.30. The van der Waals surface area contributed by atoms with Crippen LogP contribution in [0.1, 0.15) is 20.7 Å². The number of rotatable bonds is 19. The average Bonchev–Trinajstić information content (AvgIpc) is 2.91. The maximum absolute atomic E-state index is 11.5. The SMILES string of the molecule is C=CCOC(=O)c1ccc(C(=O)OCC=C)cc1.C=CCOCC(CO)(COCC=C)COCC=C. The van der Waals surface area contributed by atoms with E-state index < -0.39 is 17.4 Å². The smallest absolute Gasteiger partial charge is 0.338 e. The van der Waals surface area contributed by atoms with E-state index in [1.165, 1.54) is 36.4 Å². The standard InChI is InChI=1S/C14H14O4.C14H24O4/c1-3-9-17-13(15)11-5-7-12(8-6-11)14(16)18-10-4-2;1-4-7-16-11-14(10-15,12-17-8-5-2)13-18-9-6-3/h3-8H,1-2,9-10H2;4-6,15H,1-3,7-13H2. The van der Waals surface area contributed by atoms with Crippen molar-refractivity contribution in [2.75, 3.05) is 59.5 Å². The molecule has 0 fully saturated rings. The van der Waals surface area contributed by atoms with Crippen LogP contribution in [-0.2, 0) is 23.7 Å². The number of hydrogen-bond acceptors (Lipinski definition) is 8. The lowest BCUT2D eigenvalue weighted by atomic mass is 9.92. The summed E-state index contributed by atoms with van der Waals surface area (Å²) in [7, 11) is 0. The molecule has 198 valence electrons. The molecule has 0 radical (unpaired) electrons. The first-order chi connectivity index (χ1) is 17.4. The van der Waals surface area contributed by atoms with Gasteiger partial charge in [-0.15, -0.1) is 19.7 Å². The summed E-state index contributed by atoms with van der Waals surface area (Å²) in [5, 5.41) is 9.56. The maximum atomic E-state index is 11.5. The van der Waals surface area contributed by atoms with Crippen molar-refractivity contribution < 1.29 is 38.4 Å². The summed E-state index contributed by atoms with van der Waals surface area (Å²) >= 11 is 0. The lowest BCUT2D eigenvalue weighted by Gasteiger charge is -2.30. The van der Waals surface area contributed by atoms with Gasteiger partial charge in [0.2, 0.25) is 0 Å². The van der Waals surface area contributed by atoms with Crippen molar-refractivity contribution in [3.05, 3.63) is 98.7 Å². The zero-order valence-electron chi connectivity index (χ0n) is 20.9. The number of aliphatic hydroxyl groups is 1. The van der Waals surface area contributed by atoms with E-state index in [4.69, 9.17) is 23.7 Å². The van der Waals surface area contributed by atoms with Gasteiger partial charge in [0.1, 0.15) is 13.2 Å². The van der Waals surface area contributed by atoms with Crippen molar-refractivity contribution in [2.45, 2.75) is 0 Å². The molecular formula is C28H38O8. The predicted molar refractivity (Wildman–Crippen MR) is 140 cm³/mol. The van der Waals surface area contributed by atoms with E-state index in [1.807, 2.05) is 0 Å². The first-order valence-corrected chi connectivity index (χ1v) is 11.3. The third-order valence-corrected chi connectivity index (χ3v) is 4.29. The van der Waals surface area contributed by atoms with E-state index in [1.54, 1.807) is 18.2 Å². The fourth-order valence-corrected chi connectivity index (χ4v) is 2.52. The molecule has 0 unspecified atom stereocenters. The van der Waals surface area contributed by atoms with Crippen LogP contribution in [0.25, 0.3) is 0 Å². The van der Waals surface area contributed by atoms with Crippen LogP contribution < -0.4 is 0 Å². The lowest BCUT2D eigenvalue weighted by molar-refractivity contribution is -0.0821. The van der Waals surface area contributed by atoms with Crippen LogP contribution >= 0.6 is 0 Å². The number of benzene rings is 1. The Morgan fingerprint density at radius 2 is 0.944 bits per heavy atom. The molecule has 0 saturated carbocycles. The van der Waals surface area contributed by atoms with Gasteiger partial charge in [-0.05, 0) is 24.3 Å². The van der Waals surface area contributed by atoms with E-state index in [9.17, 15) is 14.7 Å². The van der Waals surface area contributed by atoms with Gasteiger partial charge in [0, 0.05) is 0 Å². The van der Waals surface area contributed by atoms with Crippen molar-refractivity contribution in [2.24, 2.45) is 5.41 Å². The second-order valence-corrected chi connectivity index (χ2v) is 7.42. The topological polar surface area (TPSA) is 101 Å². The van der Waals surface area contributed by atoms with Crippen LogP contribution in [0.2, 0.25) is 0 Å².